The van der Waals surface area contributed by atoms with Crippen LogP contribution in [0, 0.1) is 11.2 Å². The average molecular weight is 338 g/mol. The number of hydrogen-bond acceptors (Lipinski definition) is 3. The predicted octanol–water partition coefficient (Wildman–Crippen LogP) is 2.95. The van der Waals surface area contributed by atoms with Crippen LogP contribution < -0.4 is 4.72 Å². The molecule has 0 aliphatic rings. The first-order chi connectivity index (χ1) is 9.80. The molecule has 0 spiro atoms. The molecular formula is C14H21ClFNO3S. The Bertz CT molecular complexity index is 574. The van der Waals surface area contributed by atoms with Gasteiger partial charge in [-0.1, -0.05) is 25.4 Å². The Kier molecular flexibility index (Phi) is 6.59. The third-order valence-corrected chi connectivity index (χ3v) is 5.85. The van der Waals surface area contributed by atoms with Gasteiger partial charge in [0.25, 0.3) is 0 Å². The maximum absolute atomic E-state index is 13.0. The van der Waals surface area contributed by atoms with E-state index in [0.29, 0.717) is 6.42 Å². The minimum Gasteiger partial charge on any atom is -0.396 e. The van der Waals surface area contributed by atoms with Gasteiger partial charge < -0.3 is 5.11 Å². The summed E-state index contributed by atoms with van der Waals surface area (Å²) in [5.41, 5.74) is -0.297. The van der Waals surface area contributed by atoms with E-state index < -0.39 is 15.8 Å². The van der Waals surface area contributed by atoms with Gasteiger partial charge >= 0.3 is 0 Å². The van der Waals surface area contributed by atoms with Crippen LogP contribution in [0.15, 0.2) is 23.1 Å². The first-order valence-corrected chi connectivity index (χ1v) is 8.72. The van der Waals surface area contributed by atoms with Crippen molar-refractivity contribution in [3.8, 4) is 0 Å². The van der Waals surface area contributed by atoms with E-state index in [1.165, 1.54) is 0 Å². The highest BCUT2D eigenvalue weighted by atomic mass is 35.5. The summed E-state index contributed by atoms with van der Waals surface area (Å²) >= 11 is 5.79. The predicted molar refractivity (Wildman–Crippen MR) is 81.3 cm³/mol. The number of aliphatic hydroxyl groups excluding tert-OH is 1. The highest BCUT2D eigenvalue weighted by molar-refractivity contribution is 7.89. The summed E-state index contributed by atoms with van der Waals surface area (Å²) in [6.07, 6.45) is 1.99. The molecule has 0 atom stereocenters. The van der Waals surface area contributed by atoms with Crippen LogP contribution in [0.5, 0.6) is 0 Å². The van der Waals surface area contributed by atoms with Crippen molar-refractivity contribution in [1.29, 1.82) is 0 Å². The van der Waals surface area contributed by atoms with E-state index in [-0.39, 0.29) is 28.5 Å². The standard InChI is InChI=1S/C14H21ClFNO3S/c1-3-14(4-2,7-8-18)10-17-21(19,20)13-6-5-11(16)9-12(13)15/h5-6,9,17-18H,3-4,7-8,10H2,1-2H3. The highest BCUT2D eigenvalue weighted by Gasteiger charge is 2.28. The molecule has 0 bridgehead atoms. The van der Waals surface area contributed by atoms with Gasteiger partial charge in [0.1, 0.15) is 10.7 Å². The zero-order chi connectivity index (χ0) is 16.1. The van der Waals surface area contributed by atoms with Crippen molar-refractivity contribution in [2.45, 2.75) is 38.0 Å². The van der Waals surface area contributed by atoms with Crippen LogP contribution in [0.4, 0.5) is 4.39 Å². The number of hydrogen-bond donors (Lipinski definition) is 2. The molecule has 0 saturated heterocycles. The Morgan fingerprint density at radius 1 is 1.33 bits per heavy atom. The first-order valence-electron chi connectivity index (χ1n) is 6.86. The molecule has 0 unspecified atom stereocenters. The van der Waals surface area contributed by atoms with Gasteiger partial charge in [-0.05, 0) is 42.9 Å². The van der Waals surface area contributed by atoms with Gasteiger partial charge in [0.15, 0.2) is 0 Å². The van der Waals surface area contributed by atoms with Crippen LogP contribution in [0.25, 0.3) is 0 Å². The third-order valence-electron chi connectivity index (χ3n) is 3.96. The molecule has 1 aromatic rings. The largest absolute Gasteiger partial charge is 0.396 e. The van der Waals surface area contributed by atoms with E-state index in [2.05, 4.69) is 4.72 Å². The molecule has 0 aliphatic carbocycles. The van der Waals surface area contributed by atoms with Gasteiger partial charge in [-0.15, -0.1) is 0 Å². The SMILES string of the molecule is CCC(CC)(CCO)CNS(=O)(=O)c1ccc(F)cc1Cl. The summed E-state index contributed by atoms with van der Waals surface area (Å²) in [6.45, 7) is 4.12. The second-order valence-electron chi connectivity index (χ2n) is 5.08. The molecule has 0 aromatic heterocycles. The number of benzene rings is 1. The Balaban J connectivity index is 2.94. The summed E-state index contributed by atoms with van der Waals surface area (Å²) in [7, 11) is -3.81. The summed E-state index contributed by atoms with van der Waals surface area (Å²) < 4.78 is 40.0. The van der Waals surface area contributed by atoms with Crippen LogP contribution in [0.1, 0.15) is 33.1 Å². The van der Waals surface area contributed by atoms with E-state index in [9.17, 15) is 12.8 Å². The molecule has 0 radical (unpaired) electrons. The van der Waals surface area contributed by atoms with E-state index >= 15 is 0 Å². The Morgan fingerprint density at radius 2 is 1.95 bits per heavy atom. The third kappa shape index (κ3) is 4.64. The molecule has 0 aliphatic heterocycles. The minimum absolute atomic E-state index is 0.000706. The van der Waals surface area contributed by atoms with Gasteiger partial charge in [0.05, 0.1) is 5.02 Å². The second-order valence-corrected chi connectivity index (χ2v) is 7.22. The van der Waals surface area contributed by atoms with Crippen LogP contribution in [-0.4, -0.2) is 26.7 Å². The van der Waals surface area contributed by atoms with Crippen LogP contribution in [0.3, 0.4) is 0 Å². The number of sulfonamides is 1. The molecule has 0 heterocycles. The lowest BCUT2D eigenvalue weighted by Gasteiger charge is -2.31. The summed E-state index contributed by atoms with van der Waals surface area (Å²) in [5, 5.41) is 9.00. The fourth-order valence-corrected chi connectivity index (χ4v) is 3.88. The number of rotatable bonds is 8. The summed E-state index contributed by atoms with van der Waals surface area (Å²) in [4.78, 5) is -0.143. The minimum atomic E-state index is -3.81. The molecule has 0 saturated carbocycles. The van der Waals surface area contributed by atoms with E-state index in [1.54, 1.807) is 0 Å². The Morgan fingerprint density at radius 3 is 2.43 bits per heavy atom. The topological polar surface area (TPSA) is 66.4 Å². The molecule has 0 fully saturated rings. The van der Waals surface area contributed by atoms with Crippen molar-refractivity contribution in [2.24, 2.45) is 5.41 Å². The molecule has 2 N–H and O–H groups in total. The maximum atomic E-state index is 13.0. The first kappa shape index (κ1) is 18.4. The lowest BCUT2D eigenvalue weighted by Crippen LogP contribution is -2.37. The van der Waals surface area contributed by atoms with Crippen molar-refractivity contribution in [1.82, 2.24) is 4.72 Å². The van der Waals surface area contributed by atoms with Crippen molar-refractivity contribution in [3.63, 3.8) is 0 Å². The summed E-state index contributed by atoms with van der Waals surface area (Å²) in [6, 6.07) is 3.17. The van der Waals surface area contributed by atoms with Gasteiger partial charge in [-0.2, -0.15) is 0 Å². The van der Waals surface area contributed by atoms with Gasteiger partial charge in [-0.3, -0.25) is 0 Å². The molecule has 7 heteroatoms. The number of aliphatic hydroxyl groups is 1. The normalized spacial score (nSPS) is 12.6. The Labute approximate surface area is 130 Å². The fourth-order valence-electron chi connectivity index (χ4n) is 2.20. The number of halogens is 2. The Hall–Kier alpha value is -0.690. The lowest BCUT2D eigenvalue weighted by molar-refractivity contribution is 0.170. The molecule has 120 valence electrons. The second kappa shape index (κ2) is 7.54. The maximum Gasteiger partial charge on any atom is 0.242 e. The molecule has 1 aromatic carbocycles. The van der Waals surface area contributed by atoms with Crippen LogP contribution in [-0.2, 0) is 10.0 Å². The van der Waals surface area contributed by atoms with Crippen molar-refractivity contribution in [3.05, 3.63) is 29.0 Å². The van der Waals surface area contributed by atoms with E-state index in [1.807, 2.05) is 13.8 Å². The molecular weight excluding hydrogens is 317 g/mol. The van der Waals surface area contributed by atoms with Gasteiger partial charge in [0, 0.05) is 13.2 Å². The highest BCUT2D eigenvalue weighted by Crippen LogP contribution is 2.30. The molecule has 0 amide bonds. The lowest BCUT2D eigenvalue weighted by atomic mass is 9.80. The molecule has 4 nitrogen and oxygen atoms in total. The van der Waals surface area contributed by atoms with Gasteiger partial charge in [-0.25, -0.2) is 17.5 Å². The monoisotopic (exact) mass is 337 g/mol. The van der Waals surface area contributed by atoms with Crippen molar-refractivity contribution >= 4 is 21.6 Å². The molecule has 1 rings (SSSR count). The van der Waals surface area contributed by atoms with Crippen LogP contribution >= 0.6 is 11.6 Å². The van der Waals surface area contributed by atoms with E-state index in [0.717, 1.165) is 31.0 Å². The smallest absolute Gasteiger partial charge is 0.242 e. The zero-order valence-corrected chi connectivity index (χ0v) is 13.8. The van der Waals surface area contributed by atoms with Gasteiger partial charge in [0.2, 0.25) is 10.0 Å². The van der Waals surface area contributed by atoms with Crippen molar-refractivity contribution < 1.29 is 17.9 Å². The summed E-state index contributed by atoms with van der Waals surface area (Å²) in [5.74, 6) is -0.587. The zero-order valence-electron chi connectivity index (χ0n) is 12.2. The fraction of sp³-hybridized carbons (Fsp3) is 0.571. The number of nitrogens with one attached hydrogen (secondary N) is 1. The quantitative estimate of drug-likeness (QED) is 0.766. The average Bonchev–Trinajstić information content (AvgIpc) is 2.43. The molecule has 21 heavy (non-hydrogen) atoms. The van der Waals surface area contributed by atoms with E-state index in [4.69, 9.17) is 16.7 Å². The van der Waals surface area contributed by atoms with Crippen LogP contribution in [0.2, 0.25) is 5.02 Å². The van der Waals surface area contributed by atoms with Crippen molar-refractivity contribution in [2.75, 3.05) is 13.2 Å².